The summed E-state index contributed by atoms with van der Waals surface area (Å²) in [4.78, 5) is 24.3. The van der Waals surface area contributed by atoms with Crippen LogP contribution in [0.4, 0.5) is 0 Å². The van der Waals surface area contributed by atoms with Crippen molar-refractivity contribution in [3.05, 3.63) is 72.5 Å². The smallest absolute Gasteiger partial charge is 0.347 e. The van der Waals surface area contributed by atoms with Crippen LogP contribution in [-0.2, 0) is 4.74 Å². The molecule has 2 radical (unpaired) electrons. The number of carbonyl (C=O) groups is 2. The minimum Gasteiger partial charge on any atom is -0.492 e. The molecule has 5 nitrogen and oxygen atoms in total. The van der Waals surface area contributed by atoms with Crippen LogP contribution in [0.3, 0.4) is 0 Å². The summed E-state index contributed by atoms with van der Waals surface area (Å²) in [6.07, 6.45) is 1.01. The molecular formula is C18H14O5. The molecule has 0 fully saturated rings. The molecule has 0 heterocycles. The van der Waals surface area contributed by atoms with Crippen molar-refractivity contribution in [1.82, 2.24) is 0 Å². The lowest BCUT2D eigenvalue weighted by Gasteiger charge is -2.13. The third kappa shape index (κ3) is 3.97. The van der Waals surface area contributed by atoms with Crippen LogP contribution in [0.5, 0.6) is 11.5 Å². The average molecular weight is 310 g/mol. The van der Waals surface area contributed by atoms with Gasteiger partial charge in [-0.3, -0.25) is 0 Å². The normalized spacial score (nSPS) is 9.78. The molecule has 0 bridgehead atoms. The molecule has 0 aliphatic heterocycles. The molecule has 23 heavy (non-hydrogen) atoms. The number of carbonyl (C=O) groups excluding carboxylic acids is 2. The van der Waals surface area contributed by atoms with E-state index < -0.39 is 11.9 Å². The Balaban J connectivity index is 2.36. The van der Waals surface area contributed by atoms with Crippen molar-refractivity contribution in [2.24, 2.45) is 0 Å². The van der Waals surface area contributed by atoms with Gasteiger partial charge in [-0.15, -0.1) is 0 Å². The number of rotatable bonds is 6. The van der Waals surface area contributed by atoms with Crippen molar-refractivity contribution in [1.29, 1.82) is 0 Å². The Morgan fingerprint density at radius 3 is 2.57 bits per heavy atom. The lowest BCUT2D eigenvalue weighted by molar-refractivity contribution is 0.0659. The van der Waals surface area contributed by atoms with Gasteiger partial charge in [0, 0.05) is 6.07 Å². The third-order valence-corrected chi connectivity index (χ3v) is 2.76. The molecule has 5 heteroatoms. The highest BCUT2D eigenvalue weighted by molar-refractivity contribution is 6.01. The van der Waals surface area contributed by atoms with Gasteiger partial charge in [-0.1, -0.05) is 18.7 Å². The van der Waals surface area contributed by atoms with Gasteiger partial charge in [-0.25, -0.2) is 9.59 Å². The van der Waals surface area contributed by atoms with E-state index in [1.54, 1.807) is 25.1 Å². The summed E-state index contributed by atoms with van der Waals surface area (Å²) >= 11 is 0. The Labute approximate surface area is 134 Å². The number of benzene rings is 2. The summed E-state index contributed by atoms with van der Waals surface area (Å²) < 4.78 is 15.4. The lowest BCUT2D eigenvalue weighted by atomic mass is 10.1. The highest BCUT2D eigenvalue weighted by atomic mass is 16.5. The molecule has 0 aliphatic rings. The average Bonchev–Trinajstić information content (AvgIpc) is 2.56. The van der Waals surface area contributed by atoms with Crippen molar-refractivity contribution < 1.29 is 23.8 Å². The zero-order valence-electron chi connectivity index (χ0n) is 12.5. The first kappa shape index (κ1) is 16.3. The van der Waals surface area contributed by atoms with Gasteiger partial charge in [0.2, 0.25) is 0 Å². The number of ether oxygens (including phenoxy) is 3. The highest BCUT2D eigenvalue weighted by Gasteiger charge is 2.22. The first-order valence-corrected chi connectivity index (χ1v) is 6.85. The number of esters is 2. The number of para-hydroxylation sites is 1. The van der Waals surface area contributed by atoms with Crippen molar-refractivity contribution in [3.63, 3.8) is 0 Å². The standard InChI is InChI=1S/C18H14O5/c1-3-21-16-14(17(19)22-4-2)11-8-12-15(16)18(20)23-13-9-6-5-7-10-13/h4-6,8,10-12H,2-3H2,1H3. The molecule has 2 aromatic carbocycles. The van der Waals surface area contributed by atoms with Crippen molar-refractivity contribution in [2.75, 3.05) is 6.61 Å². The fourth-order valence-corrected chi connectivity index (χ4v) is 1.85. The van der Waals surface area contributed by atoms with E-state index in [1.807, 2.05) is 0 Å². The second-order valence-corrected chi connectivity index (χ2v) is 4.23. The first-order chi connectivity index (χ1) is 11.2. The molecular weight excluding hydrogens is 296 g/mol. The van der Waals surface area contributed by atoms with E-state index >= 15 is 0 Å². The molecule has 0 aliphatic carbocycles. The molecule has 0 atom stereocenters. The number of hydrogen-bond donors (Lipinski definition) is 0. The SMILES string of the molecule is C=COC(=O)c1cccc(C(=O)Oc2[c]cc[c]c2)c1OCC. The lowest BCUT2D eigenvalue weighted by Crippen LogP contribution is -2.14. The van der Waals surface area contributed by atoms with E-state index in [0.29, 0.717) is 0 Å². The molecule has 0 saturated heterocycles. The van der Waals surface area contributed by atoms with E-state index in [-0.39, 0.29) is 29.2 Å². The van der Waals surface area contributed by atoms with Crippen LogP contribution in [0.2, 0.25) is 0 Å². The van der Waals surface area contributed by atoms with Crippen molar-refractivity contribution >= 4 is 11.9 Å². The van der Waals surface area contributed by atoms with Crippen LogP contribution in [0.1, 0.15) is 27.6 Å². The molecule has 0 unspecified atom stereocenters. The van der Waals surface area contributed by atoms with E-state index in [9.17, 15) is 9.59 Å². The Morgan fingerprint density at radius 2 is 1.96 bits per heavy atom. The third-order valence-electron chi connectivity index (χ3n) is 2.76. The van der Waals surface area contributed by atoms with Gasteiger partial charge in [0.25, 0.3) is 0 Å². The molecule has 0 aromatic heterocycles. The Bertz CT molecular complexity index is 707. The maximum Gasteiger partial charge on any atom is 0.347 e. The summed E-state index contributed by atoms with van der Waals surface area (Å²) in [7, 11) is 0. The molecule has 0 spiro atoms. The minimum atomic E-state index is -0.669. The van der Waals surface area contributed by atoms with Gasteiger partial charge in [-0.05, 0) is 37.3 Å². The van der Waals surface area contributed by atoms with E-state index in [4.69, 9.17) is 14.2 Å². The van der Waals surface area contributed by atoms with Gasteiger partial charge < -0.3 is 14.2 Å². The van der Waals surface area contributed by atoms with Crippen LogP contribution >= 0.6 is 0 Å². The van der Waals surface area contributed by atoms with Gasteiger partial charge in [0.1, 0.15) is 22.6 Å². The van der Waals surface area contributed by atoms with Gasteiger partial charge in [0.05, 0.1) is 12.9 Å². The van der Waals surface area contributed by atoms with E-state index in [1.165, 1.54) is 18.2 Å². The van der Waals surface area contributed by atoms with Crippen LogP contribution in [0, 0.1) is 12.1 Å². The monoisotopic (exact) mass is 310 g/mol. The van der Waals surface area contributed by atoms with E-state index in [2.05, 4.69) is 18.7 Å². The Hall–Kier alpha value is -3.08. The Kier molecular flexibility index (Phi) is 5.52. The zero-order valence-corrected chi connectivity index (χ0v) is 12.5. The predicted octanol–water partition coefficient (Wildman–Crippen LogP) is 3.21. The summed E-state index contributed by atoms with van der Waals surface area (Å²) in [6, 6.07) is 14.8. The second kappa shape index (κ2) is 7.79. The topological polar surface area (TPSA) is 61.8 Å². The van der Waals surface area contributed by atoms with Crippen molar-refractivity contribution in [2.45, 2.75) is 6.92 Å². The predicted molar refractivity (Wildman–Crippen MR) is 82.3 cm³/mol. The van der Waals surface area contributed by atoms with E-state index in [0.717, 1.165) is 6.26 Å². The first-order valence-electron chi connectivity index (χ1n) is 6.85. The maximum absolute atomic E-state index is 12.3. The maximum atomic E-state index is 12.3. The van der Waals surface area contributed by atoms with Gasteiger partial charge >= 0.3 is 11.9 Å². The Morgan fingerprint density at radius 1 is 1.22 bits per heavy atom. The minimum absolute atomic E-state index is 0.103. The summed E-state index contributed by atoms with van der Waals surface area (Å²) in [5.74, 6) is -1.01. The quantitative estimate of drug-likeness (QED) is 0.466. The summed E-state index contributed by atoms with van der Waals surface area (Å²) in [6.45, 7) is 5.34. The summed E-state index contributed by atoms with van der Waals surface area (Å²) in [5.41, 5.74) is 0.229. The second-order valence-electron chi connectivity index (χ2n) is 4.23. The molecule has 116 valence electrons. The fraction of sp³-hybridized carbons (Fsp3) is 0.111. The molecule has 2 aromatic rings. The van der Waals surface area contributed by atoms with Gasteiger partial charge in [0.15, 0.2) is 0 Å². The zero-order chi connectivity index (χ0) is 16.7. The van der Waals surface area contributed by atoms with Crippen LogP contribution in [0.25, 0.3) is 0 Å². The van der Waals surface area contributed by atoms with Crippen LogP contribution in [0.15, 0.2) is 49.2 Å². The fourth-order valence-electron chi connectivity index (χ4n) is 1.85. The van der Waals surface area contributed by atoms with Crippen molar-refractivity contribution in [3.8, 4) is 11.5 Å². The summed E-state index contributed by atoms with van der Waals surface area (Å²) in [5, 5.41) is 0. The largest absolute Gasteiger partial charge is 0.492 e. The van der Waals surface area contributed by atoms with Gasteiger partial charge in [-0.2, -0.15) is 0 Å². The van der Waals surface area contributed by atoms with Crippen LogP contribution in [-0.4, -0.2) is 18.5 Å². The highest BCUT2D eigenvalue weighted by Crippen LogP contribution is 2.26. The molecule has 0 N–H and O–H groups in total. The molecule has 0 amide bonds. The molecule has 0 saturated carbocycles. The molecule has 2 rings (SSSR count). The van der Waals surface area contributed by atoms with Crippen LogP contribution < -0.4 is 9.47 Å². The number of hydrogen-bond acceptors (Lipinski definition) is 5.